The molecule has 1 unspecified atom stereocenters. The number of thioether (sulfide) groups is 1. The number of pyridine rings is 1. The monoisotopic (exact) mass is 409 g/mol. The fourth-order valence-electron chi connectivity index (χ4n) is 3.72. The standard InChI is InChI=1S/C21H25N6OS/c1-27-9-3-4-18(20(27)28)14-5-8-19(22-11-14)25-15-6-7-16(10-15)26-21-23-12-17(29-2)13-24-21/h3-5,8-9,11-13,15-16,18H,6-7,10H2,1-2H3,(H,22,25)(H,23,24,26)/q+1/t15-,16-,18?/m0/s1. The normalized spacial score (nSPS) is 23.7. The number of carbonyl (C=O) groups is 1. The van der Waals surface area contributed by atoms with Gasteiger partial charge in [-0.2, -0.15) is 4.58 Å². The Morgan fingerprint density at radius 1 is 1.07 bits per heavy atom. The van der Waals surface area contributed by atoms with E-state index in [2.05, 4.69) is 25.6 Å². The van der Waals surface area contributed by atoms with Gasteiger partial charge in [-0.1, -0.05) is 12.1 Å². The van der Waals surface area contributed by atoms with Crippen LogP contribution in [0.25, 0.3) is 0 Å². The molecule has 0 spiro atoms. The topological polar surface area (TPSA) is 82.8 Å². The van der Waals surface area contributed by atoms with E-state index in [1.54, 1.807) is 35.8 Å². The average Bonchev–Trinajstić information content (AvgIpc) is 3.18. The van der Waals surface area contributed by atoms with E-state index in [0.717, 1.165) is 35.5 Å². The number of hydrogen-bond donors (Lipinski definition) is 2. The molecule has 1 fully saturated rings. The lowest BCUT2D eigenvalue weighted by Crippen LogP contribution is -2.26. The van der Waals surface area contributed by atoms with E-state index in [9.17, 15) is 4.79 Å². The van der Waals surface area contributed by atoms with Gasteiger partial charge in [0.1, 0.15) is 18.8 Å². The molecular weight excluding hydrogens is 384 g/mol. The van der Waals surface area contributed by atoms with Crippen LogP contribution in [-0.4, -0.2) is 57.0 Å². The first kappa shape index (κ1) is 19.6. The molecule has 2 N–H and O–H groups in total. The van der Waals surface area contributed by atoms with Crippen LogP contribution in [0.4, 0.5) is 11.8 Å². The number of allylic oxidation sites excluding steroid dienone is 1. The van der Waals surface area contributed by atoms with Crippen molar-refractivity contribution in [2.45, 2.75) is 42.2 Å². The predicted molar refractivity (Wildman–Crippen MR) is 116 cm³/mol. The number of aromatic nitrogens is 3. The van der Waals surface area contributed by atoms with Gasteiger partial charge < -0.3 is 10.6 Å². The van der Waals surface area contributed by atoms with Gasteiger partial charge in [-0.3, -0.25) is 0 Å². The maximum absolute atomic E-state index is 12.3. The molecule has 1 aliphatic heterocycles. The predicted octanol–water partition coefficient (Wildman–Crippen LogP) is 2.93. The summed E-state index contributed by atoms with van der Waals surface area (Å²) in [7, 11) is 1.77. The molecule has 1 amide bonds. The second-order valence-electron chi connectivity index (χ2n) is 7.38. The molecule has 2 aliphatic rings. The average molecular weight is 410 g/mol. The van der Waals surface area contributed by atoms with Crippen molar-refractivity contribution in [3.05, 3.63) is 48.4 Å². The summed E-state index contributed by atoms with van der Waals surface area (Å²) in [4.78, 5) is 26.6. The zero-order valence-electron chi connectivity index (χ0n) is 16.6. The van der Waals surface area contributed by atoms with Crippen LogP contribution in [0.1, 0.15) is 30.7 Å². The minimum atomic E-state index is -0.260. The molecule has 3 heterocycles. The summed E-state index contributed by atoms with van der Waals surface area (Å²) in [6.45, 7) is 0. The van der Waals surface area contributed by atoms with Crippen molar-refractivity contribution in [1.29, 1.82) is 0 Å². The molecule has 1 aliphatic carbocycles. The third kappa shape index (κ3) is 4.64. The minimum Gasteiger partial charge on any atom is -0.367 e. The summed E-state index contributed by atoms with van der Waals surface area (Å²) >= 11 is 1.64. The van der Waals surface area contributed by atoms with Gasteiger partial charge in [-0.15, -0.1) is 11.8 Å². The minimum absolute atomic E-state index is 0.0625. The highest BCUT2D eigenvalue weighted by molar-refractivity contribution is 7.98. The number of amides is 1. The summed E-state index contributed by atoms with van der Waals surface area (Å²) in [5, 5.41) is 6.93. The molecule has 2 aromatic rings. The molecule has 2 aromatic heterocycles. The van der Waals surface area contributed by atoms with Crippen LogP contribution in [0.2, 0.25) is 0 Å². The van der Waals surface area contributed by atoms with Gasteiger partial charge in [-0.25, -0.2) is 19.7 Å². The van der Waals surface area contributed by atoms with Crippen molar-refractivity contribution in [2.24, 2.45) is 0 Å². The van der Waals surface area contributed by atoms with Crippen molar-refractivity contribution in [3.8, 4) is 0 Å². The van der Waals surface area contributed by atoms with Gasteiger partial charge in [0.25, 0.3) is 0 Å². The summed E-state index contributed by atoms with van der Waals surface area (Å²) in [6.07, 6.45) is 16.2. The molecule has 0 saturated heterocycles. The molecule has 0 bridgehead atoms. The maximum atomic E-state index is 12.3. The third-order valence-electron chi connectivity index (χ3n) is 5.35. The fraction of sp³-hybridized carbons (Fsp3) is 0.381. The second kappa shape index (κ2) is 8.73. The smallest absolute Gasteiger partial charge is 0.367 e. The van der Waals surface area contributed by atoms with E-state index in [-0.39, 0.29) is 11.8 Å². The molecule has 1 saturated carbocycles. The zero-order valence-corrected chi connectivity index (χ0v) is 17.4. The summed E-state index contributed by atoms with van der Waals surface area (Å²) in [5.41, 5.74) is 0.911. The number of likely N-dealkylation sites (N-methyl/N-ethyl adjacent to an activating group) is 1. The van der Waals surface area contributed by atoms with E-state index >= 15 is 0 Å². The maximum Gasteiger partial charge on any atom is 0.398 e. The molecule has 4 rings (SSSR count). The second-order valence-corrected chi connectivity index (χ2v) is 8.26. The highest BCUT2D eigenvalue weighted by Crippen LogP contribution is 2.26. The molecule has 3 atom stereocenters. The number of rotatable bonds is 6. The van der Waals surface area contributed by atoms with Crippen molar-refractivity contribution in [3.63, 3.8) is 0 Å². The lowest BCUT2D eigenvalue weighted by atomic mass is 9.98. The van der Waals surface area contributed by atoms with Crippen LogP contribution < -0.4 is 10.6 Å². The van der Waals surface area contributed by atoms with Crippen LogP contribution in [0.15, 0.2) is 47.8 Å². The van der Waals surface area contributed by atoms with E-state index in [0.29, 0.717) is 18.0 Å². The molecule has 0 aromatic carbocycles. The molecule has 8 heteroatoms. The van der Waals surface area contributed by atoms with Crippen LogP contribution in [0.5, 0.6) is 0 Å². The lowest BCUT2D eigenvalue weighted by Gasteiger charge is -2.16. The van der Waals surface area contributed by atoms with Crippen LogP contribution in [-0.2, 0) is 4.79 Å². The molecule has 0 radical (unpaired) electrons. The first-order valence-corrected chi connectivity index (χ1v) is 11.0. The lowest BCUT2D eigenvalue weighted by molar-refractivity contribution is -0.415. The molecule has 150 valence electrons. The van der Waals surface area contributed by atoms with E-state index < -0.39 is 0 Å². The van der Waals surface area contributed by atoms with Gasteiger partial charge in [0.15, 0.2) is 6.21 Å². The number of nitrogens with zero attached hydrogens (tertiary/aromatic N) is 4. The third-order valence-corrected chi connectivity index (χ3v) is 6.04. The number of nitrogens with one attached hydrogen (secondary N) is 2. The molecule has 7 nitrogen and oxygen atoms in total. The number of carbonyl (C=O) groups excluding carboxylic acids is 1. The van der Waals surface area contributed by atoms with E-state index in [1.165, 1.54) is 0 Å². The van der Waals surface area contributed by atoms with Crippen LogP contribution in [0, 0.1) is 0 Å². The summed E-state index contributed by atoms with van der Waals surface area (Å²) < 4.78 is 1.61. The van der Waals surface area contributed by atoms with Gasteiger partial charge in [0.05, 0.1) is 0 Å². The van der Waals surface area contributed by atoms with Crippen molar-refractivity contribution >= 4 is 35.6 Å². The van der Waals surface area contributed by atoms with E-state index in [1.807, 2.05) is 42.9 Å². The Balaban J connectivity index is 1.31. The van der Waals surface area contributed by atoms with Crippen molar-refractivity contribution < 1.29 is 9.37 Å². The van der Waals surface area contributed by atoms with E-state index in [4.69, 9.17) is 0 Å². The molecule has 29 heavy (non-hydrogen) atoms. The highest BCUT2D eigenvalue weighted by atomic mass is 32.2. The van der Waals surface area contributed by atoms with Crippen molar-refractivity contribution in [2.75, 3.05) is 23.9 Å². The first-order valence-electron chi connectivity index (χ1n) is 9.76. The Morgan fingerprint density at radius 3 is 2.52 bits per heavy atom. The Bertz CT molecular complexity index is 925. The van der Waals surface area contributed by atoms with Gasteiger partial charge in [-0.05, 0) is 43.2 Å². The Morgan fingerprint density at radius 2 is 1.83 bits per heavy atom. The zero-order chi connectivity index (χ0) is 20.2. The highest BCUT2D eigenvalue weighted by Gasteiger charge is 2.29. The Labute approximate surface area is 174 Å². The summed E-state index contributed by atoms with van der Waals surface area (Å²) in [6, 6.07) is 4.64. The van der Waals surface area contributed by atoms with Crippen LogP contribution in [0.3, 0.4) is 0 Å². The fourth-order valence-corrected chi connectivity index (χ4v) is 4.04. The van der Waals surface area contributed by atoms with Gasteiger partial charge in [0, 0.05) is 35.6 Å². The largest absolute Gasteiger partial charge is 0.398 e. The van der Waals surface area contributed by atoms with Crippen molar-refractivity contribution in [1.82, 2.24) is 15.0 Å². The van der Waals surface area contributed by atoms with Crippen LogP contribution >= 0.6 is 11.8 Å². The van der Waals surface area contributed by atoms with Gasteiger partial charge in [0.2, 0.25) is 5.95 Å². The quantitative estimate of drug-likeness (QED) is 0.561. The number of hydrogen-bond acceptors (Lipinski definition) is 7. The summed E-state index contributed by atoms with van der Waals surface area (Å²) in [5.74, 6) is 1.33. The Hall–Kier alpha value is -2.74. The first-order chi connectivity index (χ1) is 14.1. The molecular formula is C21H25N6OS+. The number of anilines is 2. The SMILES string of the molecule is CSc1cnc(N[C@H]2CC[C@H](Nc3ccc(C4C=CC=[N+](C)C4=O)cn3)C2)nc1. The Kier molecular flexibility index (Phi) is 5.89. The van der Waals surface area contributed by atoms with Gasteiger partial charge >= 0.3 is 5.91 Å².